The van der Waals surface area contributed by atoms with E-state index in [0.29, 0.717) is 12.4 Å². The summed E-state index contributed by atoms with van der Waals surface area (Å²) in [5.74, 6) is 0.130. The van der Waals surface area contributed by atoms with Gasteiger partial charge in [0, 0.05) is 19.3 Å². The Balaban J connectivity index is 1.34. The van der Waals surface area contributed by atoms with Gasteiger partial charge in [-0.3, -0.25) is 4.79 Å². The number of nitrogens with zero attached hydrogens (tertiary/aromatic N) is 4. The largest absolute Gasteiger partial charge is 0.398 e. The van der Waals surface area contributed by atoms with E-state index in [1.807, 2.05) is 0 Å². The third kappa shape index (κ3) is 3.87. The number of pyridine rings is 1. The maximum absolute atomic E-state index is 13.5. The average molecular weight is 498 g/mol. The van der Waals surface area contributed by atoms with E-state index in [4.69, 9.17) is 0 Å². The summed E-state index contributed by atoms with van der Waals surface area (Å²) in [7, 11) is 0. The monoisotopic (exact) mass is 497 g/mol. The Hall–Kier alpha value is -3.61. The van der Waals surface area contributed by atoms with Crippen molar-refractivity contribution in [3.63, 3.8) is 0 Å². The van der Waals surface area contributed by atoms with Gasteiger partial charge < -0.3 is 10.2 Å². The van der Waals surface area contributed by atoms with Crippen molar-refractivity contribution in [3.05, 3.63) is 53.7 Å². The highest BCUT2D eigenvalue weighted by Crippen LogP contribution is 2.59. The molecule has 3 fully saturated rings. The molecule has 0 bridgehead atoms. The molecule has 0 unspecified atom stereocenters. The maximum atomic E-state index is 13.5. The number of benzene rings is 1. The lowest BCUT2D eigenvalue weighted by Gasteiger charge is -2.27. The van der Waals surface area contributed by atoms with E-state index >= 15 is 0 Å². The van der Waals surface area contributed by atoms with Crippen LogP contribution in [0.3, 0.4) is 0 Å². The SMILES string of the molecule is CC1(C)C(=O)N(c2ccc(C3(C(F)(F)F)CC3)cc2)C(=O)N1Cc1ccnc(NCC2(C#N)CC2)c1. The summed E-state index contributed by atoms with van der Waals surface area (Å²) in [6.45, 7) is 3.93. The minimum Gasteiger partial charge on any atom is -0.368 e. The second kappa shape index (κ2) is 7.95. The van der Waals surface area contributed by atoms with E-state index in [2.05, 4.69) is 16.4 Å². The molecule has 0 atom stereocenters. The van der Waals surface area contributed by atoms with Gasteiger partial charge in [-0.2, -0.15) is 18.4 Å². The van der Waals surface area contributed by atoms with Crippen LogP contribution in [-0.4, -0.2) is 40.1 Å². The molecule has 0 spiro atoms. The van der Waals surface area contributed by atoms with Crippen LogP contribution in [-0.2, 0) is 16.8 Å². The molecule has 1 saturated heterocycles. The van der Waals surface area contributed by atoms with Crippen molar-refractivity contribution >= 4 is 23.4 Å². The Kier molecular flexibility index (Phi) is 5.32. The third-order valence-corrected chi connectivity index (χ3v) is 7.66. The summed E-state index contributed by atoms with van der Waals surface area (Å²) in [5.41, 5.74) is -2.18. The number of aromatic nitrogens is 1. The van der Waals surface area contributed by atoms with Crippen molar-refractivity contribution in [2.75, 3.05) is 16.8 Å². The zero-order chi connectivity index (χ0) is 25.9. The highest BCUT2D eigenvalue weighted by Gasteiger charge is 2.64. The minimum atomic E-state index is -4.33. The lowest BCUT2D eigenvalue weighted by Crippen LogP contribution is -2.43. The molecule has 3 aliphatic rings. The fourth-order valence-electron chi connectivity index (χ4n) is 4.71. The number of hydrogen-bond donors (Lipinski definition) is 1. The molecule has 2 heterocycles. The molecular weight excluding hydrogens is 471 g/mol. The quantitative estimate of drug-likeness (QED) is 0.535. The fraction of sp³-hybridized carbons (Fsp3) is 0.462. The Bertz CT molecular complexity index is 1260. The summed E-state index contributed by atoms with van der Waals surface area (Å²) < 4.78 is 40.4. The fourth-order valence-corrected chi connectivity index (χ4v) is 4.71. The van der Waals surface area contributed by atoms with Gasteiger partial charge in [0.15, 0.2) is 0 Å². The molecule has 1 N–H and O–H groups in total. The van der Waals surface area contributed by atoms with Gasteiger partial charge in [-0.15, -0.1) is 0 Å². The molecule has 36 heavy (non-hydrogen) atoms. The molecule has 1 aromatic carbocycles. The molecule has 10 heteroatoms. The first-order valence-electron chi connectivity index (χ1n) is 11.9. The van der Waals surface area contributed by atoms with E-state index in [1.54, 1.807) is 32.2 Å². The van der Waals surface area contributed by atoms with E-state index in [0.717, 1.165) is 23.3 Å². The van der Waals surface area contributed by atoms with Crippen molar-refractivity contribution in [1.82, 2.24) is 9.88 Å². The molecular formula is C26H26F3N5O2. The molecule has 7 nitrogen and oxygen atoms in total. The van der Waals surface area contributed by atoms with Gasteiger partial charge in [0.25, 0.3) is 5.91 Å². The van der Waals surface area contributed by atoms with Crippen LogP contribution in [0, 0.1) is 16.7 Å². The van der Waals surface area contributed by atoms with Gasteiger partial charge in [-0.05, 0) is 74.9 Å². The van der Waals surface area contributed by atoms with E-state index in [9.17, 15) is 28.0 Å². The smallest absolute Gasteiger partial charge is 0.368 e. The highest BCUT2D eigenvalue weighted by atomic mass is 19.4. The lowest BCUT2D eigenvalue weighted by molar-refractivity contribution is -0.160. The third-order valence-electron chi connectivity index (χ3n) is 7.66. The van der Waals surface area contributed by atoms with Gasteiger partial charge in [-0.1, -0.05) is 12.1 Å². The summed E-state index contributed by atoms with van der Waals surface area (Å²) in [6, 6.07) is 10.9. The van der Waals surface area contributed by atoms with E-state index < -0.39 is 29.1 Å². The molecule has 5 rings (SSSR count). The van der Waals surface area contributed by atoms with Gasteiger partial charge in [0.05, 0.1) is 22.6 Å². The second-order valence-electron chi connectivity index (χ2n) is 10.5. The topological polar surface area (TPSA) is 89.3 Å². The zero-order valence-electron chi connectivity index (χ0n) is 20.0. The molecule has 1 aromatic heterocycles. The van der Waals surface area contributed by atoms with Crippen molar-refractivity contribution in [1.29, 1.82) is 5.26 Å². The first-order valence-corrected chi connectivity index (χ1v) is 11.9. The predicted molar refractivity (Wildman–Crippen MR) is 126 cm³/mol. The van der Waals surface area contributed by atoms with Gasteiger partial charge in [0.1, 0.15) is 11.4 Å². The molecule has 2 aliphatic carbocycles. The molecule has 0 radical (unpaired) electrons. The Morgan fingerprint density at radius 2 is 1.75 bits per heavy atom. The standard InChI is InChI=1S/C26H26F3N5O2/c1-23(2)21(35)34(19-5-3-18(4-6-19)25(10-11-25)26(27,28)29)22(36)33(23)14-17-7-12-31-20(13-17)32-16-24(15-30)8-9-24/h3-7,12-13H,8-11,14,16H2,1-2H3,(H,31,32). The van der Waals surface area contributed by atoms with Crippen LogP contribution in [0.1, 0.15) is 50.7 Å². The Morgan fingerprint density at radius 1 is 1.08 bits per heavy atom. The van der Waals surface area contributed by atoms with E-state index in [1.165, 1.54) is 29.2 Å². The summed E-state index contributed by atoms with van der Waals surface area (Å²) >= 11 is 0. The number of nitrogens with one attached hydrogen (secondary N) is 1. The average Bonchev–Trinajstić information content (AvgIpc) is 3.75. The molecule has 3 amide bonds. The van der Waals surface area contributed by atoms with Crippen molar-refractivity contribution in [2.45, 2.75) is 63.2 Å². The van der Waals surface area contributed by atoms with E-state index in [-0.39, 0.29) is 36.1 Å². The molecule has 188 valence electrons. The van der Waals surface area contributed by atoms with Crippen molar-refractivity contribution in [3.8, 4) is 6.07 Å². The maximum Gasteiger partial charge on any atom is 0.398 e. The van der Waals surface area contributed by atoms with Crippen LogP contribution in [0.5, 0.6) is 0 Å². The Labute approximate surface area is 206 Å². The molecule has 1 aliphatic heterocycles. The highest BCUT2D eigenvalue weighted by molar-refractivity contribution is 6.22. The summed E-state index contributed by atoms with van der Waals surface area (Å²) in [6.07, 6.45) is -0.953. The van der Waals surface area contributed by atoms with Crippen molar-refractivity contribution in [2.24, 2.45) is 5.41 Å². The second-order valence-corrected chi connectivity index (χ2v) is 10.5. The normalized spacial score (nSPS) is 21.3. The van der Waals surface area contributed by atoms with Crippen LogP contribution < -0.4 is 10.2 Å². The number of carbonyl (C=O) groups excluding carboxylic acids is 2. The van der Waals surface area contributed by atoms with Gasteiger partial charge >= 0.3 is 12.2 Å². The summed E-state index contributed by atoms with van der Waals surface area (Å²) in [4.78, 5) is 33.4. The number of imide groups is 1. The number of hydrogen-bond acceptors (Lipinski definition) is 5. The van der Waals surface area contributed by atoms with Gasteiger partial charge in [0.2, 0.25) is 0 Å². The number of alkyl halides is 3. The van der Waals surface area contributed by atoms with Crippen LogP contribution in [0.2, 0.25) is 0 Å². The van der Waals surface area contributed by atoms with Crippen LogP contribution >= 0.6 is 0 Å². The van der Waals surface area contributed by atoms with Crippen LogP contribution in [0.4, 0.5) is 29.5 Å². The summed E-state index contributed by atoms with van der Waals surface area (Å²) in [5, 5.41) is 12.4. The number of nitriles is 1. The Morgan fingerprint density at radius 3 is 2.31 bits per heavy atom. The molecule has 2 saturated carbocycles. The van der Waals surface area contributed by atoms with Gasteiger partial charge in [-0.25, -0.2) is 14.7 Å². The number of carbonyl (C=O) groups is 2. The minimum absolute atomic E-state index is 0.0402. The number of rotatable bonds is 7. The van der Waals surface area contributed by atoms with Crippen molar-refractivity contribution < 1.29 is 22.8 Å². The first-order chi connectivity index (χ1) is 16.9. The predicted octanol–water partition coefficient (Wildman–Crippen LogP) is 5.14. The molecule has 2 aromatic rings. The van der Waals surface area contributed by atoms with Crippen LogP contribution in [0.15, 0.2) is 42.6 Å². The lowest BCUT2D eigenvalue weighted by atomic mass is 9.95. The number of urea groups is 1. The van der Waals surface area contributed by atoms with Crippen LogP contribution in [0.25, 0.3) is 0 Å². The number of amides is 3. The first kappa shape index (κ1) is 24.1. The number of anilines is 2. The zero-order valence-corrected chi connectivity index (χ0v) is 20.0. The number of halogens is 3.